The Morgan fingerprint density at radius 1 is 1.56 bits per heavy atom. The molecule has 4 nitrogen and oxygen atoms in total. The van der Waals surface area contributed by atoms with Crippen molar-refractivity contribution in [3.8, 4) is 0 Å². The van der Waals surface area contributed by atoms with Crippen LogP contribution in [0.5, 0.6) is 0 Å². The van der Waals surface area contributed by atoms with Gasteiger partial charge in [-0.25, -0.2) is 9.67 Å². The molecule has 0 aromatic carbocycles. The highest BCUT2D eigenvalue weighted by Crippen LogP contribution is 2.17. The maximum absolute atomic E-state index is 12.0. The van der Waals surface area contributed by atoms with Crippen LogP contribution < -0.4 is 0 Å². The molecule has 0 saturated heterocycles. The number of ketones is 1. The molecule has 2 heterocycles. The van der Waals surface area contributed by atoms with Crippen molar-refractivity contribution < 1.29 is 4.79 Å². The number of hydrogen-bond acceptors (Lipinski definition) is 4. The number of thiophene rings is 1. The van der Waals surface area contributed by atoms with E-state index in [1.807, 2.05) is 25.3 Å². The molecule has 0 aliphatic rings. The number of aryl methyl sites for hydroxylation is 2. The van der Waals surface area contributed by atoms with Crippen molar-refractivity contribution in [3.63, 3.8) is 0 Å². The van der Waals surface area contributed by atoms with Gasteiger partial charge in [-0.3, -0.25) is 4.79 Å². The number of hydrogen-bond donors (Lipinski definition) is 0. The van der Waals surface area contributed by atoms with Crippen LogP contribution in [-0.4, -0.2) is 20.5 Å². The van der Waals surface area contributed by atoms with Gasteiger partial charge in [-0.05, 0) is 30.9 Å². The molecule has 0 saturated carbocycles. The molecule has 0 bridgehead atoms. The summed E-state index contributed by atoms with van der Waals surface area (Å²) in [5.41, 5.74) is 1.04. The Balaban J connectivity index is 2.17. The van der Waals surface area contributed by atoms with E-state index in [1.54, 1.807) is 4.68 Å². The van der Waals surface area contributed by atoms with E-state index in [0.717, 1.165) is 22.8 Å². The first-order valence-corrected chi connectivity index (χ1v) is 6.04. The zero-order valence-electron chi connectivity index (χ0n) is 9.30. The van der Waals surface area contributed by atoms with Crippen LogP contribution in [0.15, 0.2) is 17.8 Å². The largest absolute Gasteiger partial charge is 0.293 e. The molecule has 0 amide bonds. The van der Waals surface area contributed by atoms with E-state index < -0.39 is 0 Å². The summed E-state index contributed by atoms with van der Waals surface area (Å²) in [5, 5.41) is 5.99. The molecule has 0 radical (unpaired) electrons. The van der Waals surface area contributed by atoms with Crippen LogP contribution in [0.3, 0.4) is 0 Å². The van der Waals surface area contributed by atoms with Crippen molar-refractivity contribution in [2.24, 2.45) is 0 Å². The Kier molecular flexibility index (Phi) is 3.14. The van der Waals surface area contributed by atoms with Gasteiger partial charge in [0.1, 0.15) is 12.2 Å². The van der Waals surface area contributed by atoms with Crippen molar-refractivity contribution >= 4 is 17.1 Å². The molecule has 84 valence electrons. The van der Waals surface area contributed by atoms with Crippen LogP contribution in [0.25, 0.3) is 0 Å². The van der Waals surface area contributed by atoms with E-state index in [4.69, 9.17) is 0 Å². The minimum absolute atomic E-state index is 0.121. The van der Waals surface area contributed by atoms with E-state index >= 15 is 0 Å². The highest BCUT2D eigenvalue weighted by atomic mass is 32.1. The van der Waals surface area contributed by atoms with Crippen molar-refractivity contribution in [1.29, 1.82) is 0 Å². The average molecular weight is 235 g/mol. The van der Waals surface area contributed by atoms with Gasteiger partial charge in [0.25, 0.3) is 0 Å². The molecule has 0 spiro atoms. The van der Waals surface area contributed by atoms with Crippen molar-refractivity contribution in [3.05, 3.63) is 34.0 Å². The lowest BCUT2D eigenvalue weighted by Crippen LogP contribution is -2.10. The number of carbonyl (C=O) groups is 1. The first-order chi connectivity index (χ1) is 7.72. The fourth-order valence-electron chi connectivity index (χ4n) is 1.57. The smallest absolute Gasteiger partial charge is 0.180 e. The number of nitrogens with zero attached hydrogens (tertiary/aromatic N) is 3. The third-order valence-corrected chi connectivity index (χ3v) is 3.49. The Morgan fingerprint density at radius 2 is 2.38 bits per heavy atom. The molecule has 2 aromatic rings. The summed E-state index contributed by atoms with van der Waals surface area (Å²) in [7, 11) is 0. The first kappa shape index (κ1) is 11.0. The Morgan fingerprint density at radius 3 is 3.00 bits per heavy atom. The molecule has 0 aliphatic heterocycles. The fraction of sp³-hybridized carbons (Fsp3) is 0.364. The topological polar surface area (TPSA) is 47.8 Å². The van der Waals surface area contributed by atoms with Crippen molar-refractivity contribution in [2.45, 2.75) is 26.8 Å². The summed E-state index contributed by atoms with van der Waals surface area (Å²) in [5.74, 6) is 0.857. The molecule has 2 aromatic heterocycles. The number of carbonyl (C=O) groups excluding carboxylic acids is 1. The van der Waals surface area contributed by atoms with Gasteiger partial charge in [0, 0.05) is 6.54 Å². The van der Waals surface area contributed by atoms with Gasteiger partial charge in [0.2, 0.25) is 0 Å². The average Bonchev–Trinajstić information content (AvgIpc) is 2.86. The molecular weight excluding hydrogens is 222 g/mol. The first-order valence-electron chi connectivity index (χ1n) is 5.16. The van der Waals surface area contributed by atoms with E-state index in [-0.39, 0.29) is 5.78 Å². The van der Waals surface area contributed by atoms with Gasteiger partial charge >= 0.3 is 0 Å². The Bertz CT molecular complexity index is 501. The second-order valence-corrected chi connectivity index (χ2v) is 4.44. The van der Waals surface area contributed by atoms with Crippen LogP contribution in [0, 0.1) is 6.92 Å². The van der Waals surface area contributed by atoms with Crippen molar-refractivity contribution in [2.75, 3.05) is 0 Å². The highest BCUT2D eigenvalue weighted by molar-refractivity contribution is 7.12. The Hall–Kier alpha value is -1.49. The molecule has 0 unspecified atom stereocenters. The number of rotatable bonds is 4. The standard InChI is InChI=1S/C11H13N3OS/c1-3-14-10(12-7-13-14)6-9(15)11-8(2)4-5-16-11/h4-5,7H,3,6H2,1-2H3. The number of aromatic nitrogens is 3. The summed E-state index contributed by atoms with van der Waals surface area (Å²) in [4.78, 5) is 16.9. The maximum Gasteiger partial charge on any atom is 0.180 e. The monoisotopic (exact) mass is 235 g/mol. The quantitative estimate of drug-likeness (QED) is 0.762. The van der Waals surface area contributed by atoms with Gasteiger partial charge in [-0.2, -0.15) is 5.10 Å². The minimum atomic E-state index is 0.121. The predicted molar refractivity (Wildman–Crippen MR) is 62.8 cm³/mol. The summed E-state index contributed by atoms with van der Waals surface area (Å²) < 4.78 is 1.75. The van der Waals surface area contributed by atoms with Gasteiger partial charge in [0.15, 0.2) is 5.78 Å². The van der Waals surface area contributed by atoms with Crippen LogP contribution in [-0.2, 0) is 13.0 Å². The fourth-order valence-corrected chi connectivity index (χ4v) is 2.44. The Labute approximate surface area is 97.9 Å². The van der Waals surface area contributed by atoms with Gasteiger partial charge in [-0.1, -0.05) is 0 Å². The lowest BCUT2D eigenvalue weighted by molar-refractivity contribution is 0.0993. The zero-order valence-corrected chi connectivity index (χ0v) is 10.1. The molecule has 0 atom stereocenters. The second kappa shape index (κ2) is 4.57. The van der Waals surface area contributed by atoms with Crippen LogP contribution in [0.1, 0.15) is 28.0 Å². The van der Waals surface area contributed by atoms with Crippen molar-refractivity contribution in [1.82, 2.24) is 14.8 Å². The molecule has 0 aliphatic carbocycles. The van der Waals surface area contributed by atoms with Crippen LogP contribution in [0.4, 0.5) is 0 Å². The predicted octanol–water partition coefficient (Wildman–Crippen LogP) is 2.09. The number of Topliss-reactive ketones (excluding diaryl/α,β-unsaturated/α-hetero) is 1. The molecule has 0 N–H and O–H groups in total. The lowest BCUT2D eigenvalue weighted by atomic mass is 10.2. The van der Waals surface area contributed by atoms with Crippen LogP contribution in [0.2, 0.25) is 0 Å². The summed E-state index contributed by atoms with van der Waals surface area (Å²) in [6.07, 6.45) is 1.82. The lowest BCUT2D eigenvalue weighted by Gasteiger charge is -2.01. The van der Waals surface area contributed by atoms with E-state index in [9.17, 15) is 4.79 Å². The van der Waals surface area contributed by atoms with E-state index in [0.29, 0.717) is 6.42 Å². The van der Waals surface area contributed by atoms with E-state index in [2.05, 4.69) is 10.1 Å². The molecule has 16 heavy (non-hydrogen) atoms. The summed E-state index contributed by atoms with van der Waals surface area (Å²) in [6, 6.07) is 1.96. The third kappa shape index (κ3) is 2.04. The highest BCUT2D eigenvalue weighted by Gasteiger charge is 2.14. The van der Waals surface area contributed by atoms with Crippen LogP contribution >= 0.6 is 11.3 Å². The third-order valence-electron chi connectivity index (χ3n) is 2.43. The molecule has 2 rings (SSSR count). The second-order valence-electron chi connectivity index (χ2n) is 3.52. The van der Waals surface area contributed by atoms with Gasteiger partial charge < -0.3 is 0 Å². The maximum atomic E-state index is 12.0. The SMILES string of the molecule is CCn1ncnc1CC(=O)c1sccc1C. The molecule has 5 heteroatoms. The zero-order chi connectivity index (χ0) is 11.5. The summed E-state index contributed by atoms with van der Waals surface area (Å²) in [6.45, 7) is 4.68. The van der Waals surface area contributed by atoms with Gasteiger partial charge in [-0.15, -0.1) is 11.3 Å². The normalized spacial score (nSPS) is 10.6. The molecule has 0 fully saturated rings. The molecular formula is C11H13N3OS. The van der Waals surface area contributed by atoms with E-state index in [1.165, 1.54) is 17.7 Å². The van der Waals surface area contributed by atoms with Gasteiger partial charge in [0.05, 0.1) is 11.3 Å². The summed E-state index contributed by atoms with van der Waals surface area (Å²) >= 11 is 1.49. The minimum Gasteiger partial charge on any atom is -0.293 e.